The Balaban J connectivity index is 2.51. The molecule has 2 aromatic rings. The Kier molecular flexibility index (Phi) is 9.72. The molecule has 0 bridgehead atoms. The van der Waals surface area contributed by atoms with Crippen molar-refractivity contribution in [1.29, 1.82) is 0 Å². The average Bonchev–Trinajstić information content (AvgIpc) is 2.77. The number of aryl methyl sites for hydroxylation is 1. The van der Waals surface area contributed by atoms with Gasteiger partial charge in [-0.15, -0.1) is 13.2 Å². The topological polar surface area (TPSA) is 132 Å². The van der Waals surface area contributed by atoms with Gasteiger partial charge < -0.3 is 20.1 Å². The maximum absolute atomic E-state index is 12.4. The Morgan fingerprint density at radius 1 is 1.06 bits per heavy atom. The minimum Gasteiger partial charge on any atom is -0.453 e. The van der Waals surface area contributed by atoms with E-state index in [0.717, 1.165) is 0 Å². The third kappa shape index (κ3) is 8.53. The van der Waals surface area contributed by atoms with Gasteiger partial charge in [-0.3, -0.25) is 10.1 Å². The second-order valence-corrected chi connectivity index (χ2v) is 8.87. The van der Waals surface area contributed by atoms with Crippen molar-refractivity contribution in [2.75, 3.05) is 17.7 Å². The highest BCUT2D eigenvalue weighted by atomic mass is 16.6. The Hall–Kier alpha value is -4.21. The summed E-state index contributed by atoms with van der Waals surface area (Å²) in [5.74, 6) is 0.172. The number of carbonyl (C=O) groups excluding carboxylic acids is 3. The van der Waals surface area contributed by atoms with Gasteiger partial charge in [0.2, 0.25) is 5.91 Å². The van der Waals surface area contributed by atoms with Gasteiger partial charge >= 0.3 is 12.2 Å². The summed E-state index contributed by atoms with van der Waals surface area (Å²) in [6.45, 7) is 14.4. The van der Waals surface area contributed by atoms with Crippen LogP contribution in [-0.2, 0) is 14.3 Å². The van der Waals surface area contributed by atoms with Crippen molar-refractivity contribution >= 4 is 29.5 Å². The molecule has 0 aliphatic rings. The largest absolute Gasteiger partial charge is 0.453 e. The van der Waals surface area contributed by atoms with Gasteiger partial charge in [-0.05, 0) is 58.4 Å². The van der Waals surface area contributed by atoms with E-state index in [2.05, 4.69) is 43.8 Å². The Morgan fingerprint density at radius 3 is 2.39 bits per heavy atom. The quantitative estimate of drug-likeness (QED) is 0.403. The molecule has 1 aromatic carbocycles. The van der Waals surface area contributed by atoms with Gasteiger partial charge in [0.05, 0.1) is 30.2 Å². The third-order valence-corrected chi connectivity index (χ3v) is 4.64. The summed E-state index contributed by atoms with van der Waals surface area (Å²) in [6.07, 6.45) is 2.44. The first-order valence-electron chi connectivity index (χ1n) is 11.3. The van der Waals surface area contributed by atoms with Gasteiger partial charge in [-0.25, -0.2) is 19.6 Å². The van der Waals surface area contributed by atoms with Gasteiger partial charge in [-0.1, -0.05) is 12.2 Å². The lowest BCUT2D eigenvalue weighted by Gasteiger charge is -2.23. The lowest BCUT2D eigenvalue weighted by molar-refractivity contribution is -0.115. The molecule has 0 aliphatic heterocycles. The highest BCUT2D eigenvalue weighted by molar-refractivity contribution is 5.97. The van der Waals surface area contributed by atoms with E-state index in [9.17, 15) is 14.4 Å². The Bertz CT molecular complexity index is 1140. The van der Waals surface area contributed by atoms with Crippen LogP contribution in [0.2, 0.25) is 0 Å². The number of aromatic nitrogens is 2. The molecule has 10 heteroatoms. The van der Waals surface area contributed by atoms with Gasteiger partial charge in [-0.2, -0.15) is 0 Å². The number of nitrogens with zero attached hydrogens (tertiary/aromatic N) is 2. The van der Waals surface area contributed by atoms with Crippen LogP contribution in [0.1, 0.15) is 51.2 Å². The number of nitrogens with one attached hydrogen (secondary N) is 3. The molecule has 2 rings (SSSR count). The lowest BCUT2D eigenvalue weighted by atomic mass is 10.0. The monoisotopic (exact) mass is 495 g/mol. The highest BCUT2D eigenvalue weighted by Crippen LogP contribution is 2.32. The average molecular weight is 496 g/mol. The molecule has 36 heavy (non-hydrogen) atoms. The normalized spacial score (nSPS) is 11.6. The zero-order chi connectivity index (χ0) is 26.9. The van der Waals surface area contributed by atoms with Gasteiger partial charge in [0.15, 0.2) is 0 Å². The molecule has 0 saturated heterocycles. The summed E-state index contributed by atoms with van der Waals surface area (Å²) in [4.78, 5) is 45.5. The van der Waals surface area contributed by atoms with E-state index >= 15 is 0 Å². The summed E-state index contributed by atoms with van der Waals surface area (Å²) in [6, 6.07) is 6.18. The number of rotatable bonds is 9. The molecule has 1 heterocycles. The maximum Gasteiger partial charge on any atom is 0.411 e. The second-order valence-electron chi connectivity index (χ2n) is 8.87. The molecule has 1 unspecified atom stereocenters. The van der Waals surface area contributed by atoms with Crippen molar-refractivity contribution in [1.82, 2.24) is 15.3 Å². The minimum absolute atomic E-state index is 0.101. The van der Waals surface area contributed by atoms with Gasteiger partial charge in [0.25, 0.3) is 0 Å². The number of amides is 3. The minimum atomic E-state index is -0.659. The summed E-state index contributed by atoms with van der Waals surface area (Å²) >= 11 is 0. The van der Waals surface area contributed by atoms with Crippen LogP contribution in [0.4, 0.5) is 21.0 Å². The zero-order valence-electron chi connectivity index (χ0n) is 21.3. The molecule has 1 atom stereocenters. The first-order valence-corrected chi connectivity index (χ1v) is 11.3. The van der Waals surface area contributed by atoms with Crippen molar-refractivity contribution in [3.05, 3.63) is 61.1 Å². The molecular weight excluding hydrogens is 462 g/mol. The van der Waals surface area contributed by atoms with Crippen LogP contribution in [0.3, 0.4) is 0 Å². The molecule has 0 saturated carbocycles. The fourth-order valence-corrected chi connectivity index (χ4v) is 3.23. The predicted octanol–water partition coefficient (Wildman–Crippen LogP) is 5.29. The van der Waals surface area contributed by atoms with Gasteiger partial charge in [0, 0.05) is 17.7 Å². The lowest BCUT2D eigenvalue weighted by Crippen LogP contribution is -2.35. The molecule has 0 fully saturated rings. The van der Waals surface area contributed by atoms with E-state index in [4.69, 9.17) is 4.74 Å². The molecule has 0 aliphatic carbocycles. The number of methoxy groups -OCH3 is 1. The number of alkyl carbamates (subject to hydrolysis) is 1. The molecule has 3 N–H and O–H groups in total. The van der Waals surface area contributed by atoms with Crippen LogP contribution in [0, 0.1) is 6.92 Å². The molecule has 0 radical (unpaired) electrons. The smallest absolute Gasteiger partial charge is 0.411 e. The number of benzene rings is 1. The van der Waals surface area contributed by atoms with Crippen LogP contribution in [-0.4, -0.2) is 40.8 Å². The van der Waals surface area contributed by atoms with Crippen molar-refractivity contribution in [3.8, 4) is 11.3 Å². The summed E-state index contributed by atoms with van der Waals surface area (Å²) < 4.78 is 10.0. The molecule has 3 amide bonds. The maximum atomic E-state index is 12.4. The summed E-state index contributed by atoms with van der Waals surface area (Å²) in [5, 5.41) is 8.23. The second kappa shape index (κ2) is 12.5. The Morgan fingerprint density at radius 2 is 1.78 bits per heavy atom. The Labute approximate surface area is 211 Å². The number of carbonyl (C=O) groups is 3. The fourth-order valence-electron chi connectivity index (χ4n) is 3.23. The van der Waals surface area contributed by atoms with Crippen LogP contribution in [0.15, 0.2) is 49.6 Å². The SMILES string of the molecule is C=CCC(=O)Nc1cc(NC(=O)OC)ccc1-c1cc(C(CC=C)NC(=O)OC(C)(C)C)nc(C)n1. The first kappa shape index (κ1) is 28.0. The fraction of sp³-hybridized carbons (Fsp3) is 0.346. The van der Waals surface area contributed by atoms with Crippen molar-refractivity contribution in [2.24, 2.45) is 0 Å². The summed E-state index contributed by atoms with van der Waals surface area (Å²) in [7, 11) is 1.26. The van der Waals surface area contributed by atoms with E-state index in [1.807, 2.05) is 0 Å². The van der Waals surface area contributed by atoms with Crippen LogP contribution >= 0.6 is 0 Å². The van der Waals surface area contributed by atoms with E-state index in [1.165, 1.54) is 13.2 Å². The van der Waals surface area contributed by atoms with E-state index in [1.54, 1.807) is 58.0 Å². The standard InChI is InChI=1S/C26H33N5O5/c1-8-10-19(31-25(34)36-26(4,5)6)22-15-21(27-16(3)28-22)18-13-12-17(29-24(33)35-7)14-20(18)30-23(32)11-9-2/h8-9,12-15,19H,1-2,10-11H2,3-7H3,(H,29,33)(H,30,32)(H,31,34). The highest BCUT2D eigenvalue weighted by Gasteiger charge is 2.22. The first-order chi connectivity index (χ1) is 16.9. The van der Waals surface area contributed by atoms with Crippen LogP contribution in [0.25, 0.3) is 11.3 Å². The van der Waals surface area contributed by atoms with Crippen LogP contribution < -0.4 is 16.0 Å². The predicted molar refractivity (Wildman–Crippen MR) is 139 cm³/mol. The molecule has 0 spiro atoms. The van der Waals surface area contributed by atoms with Crippen molar-refractivity contribution < 1.29 is 23.9 Å². The summed E-state index contributed by atoms with van der Waals surface area (Å²) in [5.41, 5.74) is 1.82. The van der Waals surface area contributed by atoms with Crippen molar-refractivity contribution in [2.45, 2.75) is 52.2 Å². The van der Waals surface area contributed by atoms with E-state index < -0.39 is 23.8 Å². The van der Waals surface area contributed by atoms with E-state index in [-0.39, 0.29) is 12.3 Å². The van der Waals surface area contributed by atoms with Gasteiger partial charge in [0.1, 0.15) is 11.4 Å². The molecule has 1 aromatic heterocycles. The third-order valence-electron chi connectivity index (χ3n) is 4.64. The molecule has 10 nitrogen and oxygen atoms in total. The number of hydrogen-bond donors (Lipinski definition) is 3. The molecule has 192 valence electrons. The number of ether oxygens (including phenoxy) is 2. The van der Waals surface area contributed by atoms with Crippen molar-refractivity contribution in [3.63, 3.8) is 0 Å². The number of anilines is 2. The number of hydrogen-bond acceptors (Lipinski definition) is 7. The molecular formula is C26H33N5O5. The van der Waals surface area contributed by atoms with Crippen LogP contribution in [0.5, 0.6) is 0 Å². The van der Waals surface area contributed by atoms with E-state index in [0.29, 0.717) is 40.6 Å². The zero-order valence-corrected chi connectivity index (χ0v) is 21.3.